The molecule has 0 aromatic carbocycles. The van der Waals surface area contributed by atoms with Gasteiger partial charge in [0.2, 0.25) is 0 Å². The maximum Gasteiger partial charge on any atom is 0.190 e. The predicted octanol–water partition coefficient (Wildman–Crippen LogP) is 1.69. The third-order valence-corrected chi connectivity index (χ3v) is 3.58. The van der Waals surface area contributed by atoms with Crippen LogP contribution in [0.25, 0.3) is 10.4 Å². The van der Waals surface area contributed by atoms with Gasteiger partial charge in [0.05, 0.1) is 12.6 Å². The summed E-state index contributed by atoms with van der Waals surface area (Å²) >= 11 is 0. The monoisotopic (exact) mass is 285 g/mol. The second-order valence-electron chi connectivity index (χ2n) is 6.12. The van der Waals surface area contributed by atoms with E-state index in [-0.39, 0.29) is 24.9 Å². The molecule has 3 aliphatic rings. The molecule has 0 aliphatic carbocycles. The van der Waals surface area contributed by atoms with E-state index in [1.54, 1.807) is 0 Å². The Bertz CT molecular complexity index is 448. The Labute approximate surface area is 116 Å². The molecule has 0 unspecified atom stereocenters. The highest BCUT2D eigenvalue weighted by molar-refractivity contribution is 5.00. The van der Waals surface area contributed by atoms with Crippen LogP contribution in [-0.2, 0) is 23.7 Å². The van der Waals surface area contributed by atoms with Crippen LogP contribution in [0.15, 0.2) is 5.11 Å². The van der Waals surface area contributed by atoms with Gasteiger partial charge in [-0.15, -0.1) is 0 Å². The Hall–Kier alpha value is -0.890. The molecule has 0 aromatic heterocycles. The predicted molar refractivity (Wildman–Crippen MR) is 66.5 cm³/mol. The molecule has 3 heterocycles. The first-order chi connectivity index (χ1) is 9.31. The zero-order valence-electron chi connectivity index (χ0n) is 12.0. The Kier molecular flexibility index (Phi) is 3.20. The third kappa shape index (κ3) is 2.39. The summed E-state index contributed by atoms with van der Waals surface area (Å²) in [5.41, 5.74) is 8.49. The molecule has 3 fully saturated rings. The van der Waals surface area contributed by atoms with Crippen molar-refractivity contribution in [2.75, 3.05) is 6.54 Å². The SMILES string of the molecule is CC1(C)O[C@@H]2[C@@H](O1)[C@H](CN=[N+]=[N-])O[C@H]1OC(C)(C)O[C@@H]12. The van der Waals surface area contributed by atoms with Crippen molar-refractivity contribution in [2.24, 2.45) is 5.11 Å². The van der Waals surface area contributed by atoms with Crippen molar-refractivity contribution >= 4 is 0 Å². The van der Waals surface area contributed by atoms with Crippen molar-refractivity contribution in [1.29, 1.82) is 0 Å². The van der Waals surface area contributed by atoms with E-state index in [1.807, 2.05) is 27.7 Å². The van der Waals surface area contributed by atoms with Crippen molar-refractivity contribution in [3.8, 4) is 0 Å². The summed E-state index contributed by atoms with van der Waals surface area (Å²) in [6, 6.07) is 0. The van der Waals surface area contributed by atoms with E-state index in [4.69, 9.17) is 29.2 Å². The Morgan fingerprint density at radius 3 is 2.25 bits per heavy atom. The van der Waals surface area contributed by atoms with E-state index in [0.717, 1.165) is 0 Å². The topological polar surface area (TPSA) is 94.9 Å². The number of nitrogens with zero attached hydrogens (tertiary/aromatic N) is 3. The van der Waals surface area contributed by atoms with E-state index < -0.39 is 24.0 Å². The van der Waals surface area contributed by atoms with Crippen molar-refractivity contribution in [3.05, 3.63) is 10.4 Å². The van der Waals surface area contributed by atoms with E-state index >= 15 is 0 Å². The first-order valence-electron chi connectivity index (χ1n) is 6.69. The third-order valence-electron chi connectivity index (χ3n) is 3.58. The maximum atomic E-state index is 8.49. The first kappa shape index (κ1) is 14.1. The number of rotatable bonds is 2. The quantitative estimate of drug-likeness (QED) is 0.437. The van der Waals surface area contributed by atoms with E-state index in [1.165, 1.54) is 0 Å². The minimum atomic E-state index is -0.733. The van der Waals surface area contributed by atoms with Gasteiger partial charge in [0, 0.05) is 4.91 Å². The van der Waals surface area contributed by atoms with Crippen LogP contribution >= 0.6 is 0 Å². The average Bonchev–Trinajstić information content (AvgIpc) is 2.80. The smallest absolute Gasteiger partial charge is 0.190 e. The second-order valence-corrected chi connectivity index (χ2v) is 6.12. The molecule has 0 aromatic rings. The van der Waals surface area contributed by atoms with Gasteiger partial charge < -0.3 is 23.7 Å². The average molecular weight is 285 g/mol. The molecule has 8 heteroatoms. The van der Waals surface area contributed by atoms with Gasteiger partial charge in [-0.1, -0.05) is 5.11 Å². The van der Waals surface area contributed by atoms with Crippen LogP contribution in [0.1, 0.15) is 27.7 Å². The van der Waals surface area contributed by atoms with Gasteiger partial charge in [-0.25, -0.2) is 0 Å². The molecule has 0 N–H and O–H groups in total. The fraction of sp³-hybridized carbons (Fsp3) is 1.00. The van der Waals surface area contributed by atoms with Crippen LogP contribution < -0.4 is 0 Å². The summed E-state index contributed by atoms with van der Waals surface area (Å²) in [7, 11) is 0. The molecule has 20 heavy (non-hydrogen) atoms. The van der Waals surface area contributed by atoms with Gasteiger partial charge in [0.15, 0.2) is 17.9 Å². The summed E-state index contributed by atoms with van der Waals surface area (Å²) in [6.45, 7) is 7.50. The van der Waals surface area contributed by atoms with Gasteiger partial charge in [-0.05, 0) is 33.2 Å². The summed E-state index contributed by atoms with van der Waals surface area (Å²) in [6.07, 6.45) is -1.93. The minimum absolute atomic E-state index is 0.171. The van der Waals surface area contributed by atoms with Crippen LogP contribution in [0.4, 0.5) is 0 Å². The molecule has 112 valence electrons. The van der Waals surface area contributed by atoms with Gasteiger partial charge in [0.25, 0.3) is 0 Å². The van der Waals surface area contributed by atoms with Crippen LogP contribution in [-0.4, -0.2) is 48.8 Å². The van der Waals surface area contributed by atoms with E-state index in [0.29, 0.717) is 0 Å². The molecule has 0 saturated carbocycles. The van der Waals surface area contributed by atoms with Crippen molar-refractivity contribution in [2.45, 2.75) is 70.0 Å². The molecular formula is C12H19N3O5. The maximum absolute atomic E-state index is 8.49. The Morgan fingerprint density at radius 2 is 1.55 bits per heavy atom. The number of hydrogen-bond acceptors (Lipinski definition) is 6. The molecule has 3 saturated heterocycles. The summed E-state index contributed by atoms with van der Waals surface area (Å²) in [4.78, 5) is 2.77. The fourth-order valence-electron chi connectivity index (χ4n) is 2.96. The molecule has 0 amide bonds. The lowest BCUT2D eigenvalue weighted by molar-refractivity contribution is -0.231. The van der Waals surface area contributed by atoms with Gasteiger partial charge >= 0.3 is 0 Å². The molecular weight excluding hydrogens is 266 g/mol. The van der Waals surface area contributed by atoms with Gasteiger partial charge in [-0.3, -0.25) is 0 Å². The highest BCUT2D eigenvalue weighted by Gasteiger charge is 2.60. The normalized spacial score (nSPS) is 44.5. The Morgan fingerprint density at radius 1 is 0.950 bits per heavy atom. The molecule has 5 atom stereocenters. The van der Waals surface area contributed by atoms with Crippen LogP contribution in [0.2, 0.25) is 0 Å². The fourth-order valence-corrected chi connectivity index (χ4v) is 2.96. The summed E-state index contributed by atoms with van der Waals surface area (Å²) in [5, 5.41) is 3.58. The van der Waals surface area contributed by atoms with Crippen LogP contribution in [0, 0.1) is 0 Å². The van der Waals surface area contributed by atoms with Crippen LogP contribution in [0.3, 0.4) is 0 Å². The number of ether oxygens (including phenoxy) is 5. The largest absolute Gasteiger partial charge is 0.344 e. The summed E-state index contributed by atoms with van der Waals surface area (Å²) < 4.78 is 29.2. The number of hydrogen-bond donors (Lipinski definition) is 0. The molecule has 8 nitrogen and oxygen atoms in total. The first-order valence-corrected chi connectivity index (χ1v) is 6.69. The highest BCUT2D eigenvalue weighted by atomic mass is 16.9. The van der Waals surface area contributed by atoms with Crippen molar-refractivity contribution < 1.29 is 23.7 Å². The summed E-state index contributed by atoms with van der Waals surface area (Å²) in [5.74, 6) is -1.46. The zero-order valence-corrected chi connectivity index (χ0v) is 12.0. The molecule has 0 spiro atoms. The lowest BCUT2D eigenvalue weighted by atomic mass is 9.99. The van der Waals surface area contributed by atoms with Crippen molar-refractivity contribution in [3.63, 3.8) is 0 Å². The van der Waals surface area contributed by atoms with Gasteiger partial charge in [0.1, 0.15) is 18.3 Å². The van der Waals surface area contributed by atoms with Crippen LogP contribution in [0.5, 0.6) is 0 Å². The van der Waals surface area contributed by atoms with Gasteiger partial charge in [-0.2, -0.15) is 0 Å². The molecule has 3 aliphatic heterocycles. The number of azide groups is 1. The second kappa shape index (κ2) is 4.56. The highest BCUT2D eigenvalue weighted by Crippen LogP contribution is 2.44. The number of fused-ring (bicyclic) bond motifs is 3. The molecule has 0 radical (unpaired) electrons. The standard InChI is InChI=1S/C12H19N3O5/c1-11(2)17-7-6(5-14-15-13)16-10-9(8(7)18-11)19-12(3,4)20-10/h6-10H,5H2,1-4H3/t6-,7-,8+,9+,10-/m0/s1. The van der Waals surface area contributed by atoms with Crippen molar-refractivity contribution in [1.82, 2.24) is 0 Å². The Balaban J connectivity index is 1.85. The lowest BCUT2D eigenvalue weighted by Gasteiger charge is -2.36. The van der Waals surface area contributed by atoms with E-state index in [2.05, 4.69) is 10.0 Å². The lowest BCUT2D eigenvalue weighted by Crippen LogP contribution is -2.55. The molecule has 0 bridgehead atoms. The molecule has 3 rings (SSSR count). The minimum Gasteiger partial charge on any atom is -0.344 e. The zero-order chi connectivity index (χ0) is 14.5. The van der Waals surface area contributed by atoms with E-state index in [9.17, 15) is 0 Å².